The average Bonchev–Trinajstić information content (AvgIpc) is 2.42. The van der Waals surface area contributed by atoms with E-state index in [1.165, 1.54) is 4.90 Å². The molecule has 0 aliphatic carbocycles. The first kappa shape index (κ1) is 15.5. The molecule has 19 heavy (non-hydrogen) atoms. The summed E-state index contributed by atoms with van der Waals surface area (Å²) in [5, 5.41) is 3.32. The highest BCUT2D eigenvalue weighted by Gasteiger charge is 2.18. The zero-order chi connectivity index (χ0) is 14.3. The van der Waals surface area contributed by atoms with Gasteiger partial charge in [0.1, 0.15) is 0 Å². The first-order chi connectivity index (χ1) is 9.08. The second-order valence-electron chi connectivity index (χ2n) is 4.11. The molecule has 0 saturated carbocycles. The molecule has 0 spiro atoms. The summed E-state index contributed by atoms with van der Waals surface area (Å²) in [5.41, 5.74) is 1.07. The van der Waals surface area contributed by atoms with Crippen LogP contribution in [0, 0.1) is 0 Å². The minimum atomic E-state index is -0.544. The summed E-state index contributed by atoms with van der Waals surface area (Å²) in [7, 11) is 0. The van der Waals surface area contributed by atoms with Crippen LogP contribution in [0.2, 0.25) is 5.02 Å². The van der Waals surface area contributed by atoms with Gasteiger partial charge in [-0.25, -0.2) is 0 Å². The van der Waals surface area contributed by atoms with Crippen LogP contribution in [0.4, 0.5) is 0 Å². The highest BCUT2D eigenvalue weighted by Crippen LogP contribution is 2.09. The van der Waals surface area contributed by atoms with Gasteiger partial charge in [-0.1, -0.05) is 23.7 Å². The van der Waals surface area contributed by atoms with E-state index in [0.29, 0.717) is 31.1 Å². The van der Waals surface area contributed by atoms with Crippen LogP contribution in [0.1, 0.15) is 19.4 Å². The minimum Gasteiger partial charge on any atom is -0.347 e. The quantitative estimate of drug-likeness (QED) is 0.838. The second kappa shape index (κ2) is 7.79. The number of likely N-dealkylation sites (N-methyl/N-ethyl adjacent to an activating group) is 1. The van der Waals surface area contributed by atoms with E-state index in [1.54, 1.807) is 12.1 Å². The van der Waals surface area contributed by atoms with Gasteiger partial charge < -0.3 is 10.2 Å². The molecule has 1 N–H and O–H groups in total. The molecule has 0 aliphatic heterocycles. The van der Waals surface area contributed by atoms with Crippen molar-refractivity contribution in [2.45, 2.75) is 20.3 Å². The first-order valence-corrected chi connectivity index (χ1v) is 6.77. The maximum Gasteiger partial charge on any atom is 0.311 e. The number of carbonyl (C=O) groups is 2. The van der Waals surface area contributed by atoms with Gasteiger partial charge >= 0.3 is 11.8 Å². The zero-order valence-electron chi connectivity index (χ0n) is 11.3. The SMILES string of the molecule is CCN(CC)C(=O)C(=O)NCCc1ccc(Cl)cc1. The van der Waals surface area contributed by atoms with Crippen molar-refractivity contribution in [3.05, 3.63) is 34.9 Å². The Balaban J connectivity index is 2.38. The topological polar surface area (TPSA) is 49.4 Å². The lowest BCUT2D eigenvalue weighted by molar-refractivity contribution is -0.145. The fourth-order valence-corrected chi connectivity index (χ4v) is 1.83. The Labute approximate surface area is 118 Å². The van der Waals surface area contributed by atoms with Crippen LogP contribution in [0.3, 0.4) is 0 Å². The van der Waals surface area contributed by atoms with Crippen LogP contribution in [-0.4, -0.2) is 36.3 Å². The van der Waals surface area contributed by atoms with E-state index in [2.05, 4.69) is 5.32 Å². The van der Waals surface area contributed by atoms with Gasteiger partial charge in [0.25, 0.3) is 0 Å². The van der Waals surface area contributed by atoms with Gasteiger partial charge in [0, 0.05) is 24.7 Å². The maximum absolute atomic E-state index is 11.7. The molecule has 0 saturated heterocycles. The summed E-state index contributed by atoms with van der Waals surface area (Å²) in [6, 6.07) is 7.42. The predicted molar refractivity (Wildman–Crippen MR) is 76.1 cm³/mol. The molecule has 1 aromatic rings. The molecule has 0 aromatic heterocycles. The predicted octanol–water partition coefficient (Wildman–Crippen LogP) is 1.87. The lowest BCUT2D eigenvalue weighted by Gasteiger charge is -2.17. The van der Waals surface area contributed by atoms with E-state index >= 15 is 0 Å². The molecule has 2 amide bonds. The molecule has 0 atom stereocenters. The standard InChI is InChI=1S/C14H19ClN2O2/c1-3-17(4-2)14(19)13(18)16-10-9-11-5-7-12(15)8-6-11/h5-8H,3-4,9-10H2,1-2H3,(H,16,18). The monoisotopic (exact) mass is 282 g/mol. The Kier molecular flexibility index (Phi) is 6.36. The van der Waals surface area contributed by atoms with Crippen molar-refractivity contribution in [2.24, 2.45) is 0 Å². The number of rotatable bonds is 5. The fourth-order valence-electron chi connectivity index (χ4n) is 1.70. The highest BCUT2D eigenvalue weighted by molar-refractivity contribution is 6.35. The third kappa shape index (κ3) is 4.91. The molecule has 0 bridgehead atoms. The van der Waals surface area contributed by atoms with Crippen molar-refractivity contribution in [1.29, 1.82) is 0 Å². The van der Waals surface area contributed by atoms with Gasteiger partial charge in [-0.05, 0) is 38.0 Å². The average molecular weight is 283 g/mol. The smallest absolute Gasteiger partial charge is 0.311 e. The van der Waals surface area contributed by atoms with E-state index in [0.717, 1.165) is 5.56 Å². The lowest BCUT2D eigenvalue weighted by Crippen LogP contribution is -2.43. The minimum absolute atomic E-state index is 0.438. The Morgan fingerprint density at radius 3 is 2.26 bits per heavy atom. The maximum atomic E-state index is 11.7. The second-order valence-corrected chi connectivity index (χ2v) is 4.55. The lowest BCUT2D eigenvalue weighted by atomic mass is 10.1. The Bertz CT molecular complexity index is 428. The Hall–Kier alpha value is -1.55. The third-order valence-electron chi connectivity index (χ3n) is 2.86. The third-order valence-corrected chi connectivity index (χ3v) is 3.11. The fraction of sp³-hybridized carbons (Fsp3) is 0.429. The summed E-state index contributed by atoms with van der Waals surface area (Å²) in [6.45, 7) is 5.22. The van der Waals surface area contributed by atoms with Gasteiger partial charge in [-0.15, -0.1) is 0 Å². The number of nitrogens with one attached hydrogen (secondary N) is 1. The number of hydrogen-bond acceptors (Lipinski definition) is 2. The summed E-state index contributed by atoms with van der Waals surface area (Å²) in [4.78, 5) is 24.8. The van der Waals surface area contributed by atoms with E-state index in [9.17, 15) is 9.59 Å². The van der Waals surface area contributed by atoms with Crippen LogP contribution >= 0.6 is 11.6 Å². The van der Waals surface area contributed by atoms with Gasteiger partial charge in [0.05, 0.1) is 0 Å². The van der Waals surface area contributed by atoms with Gasteiger partial charge in [-0.3, -0.25) is 9.59 Å². The normalized spacial score (nSPS) is 10.1. The van der Waals surface area contributed by atoms with Crippen molar-refractivity contribution in [1.82, 2.24) is 10.2 Å². The zero-order valence-corrected chi connectivity index (χ0v) is 12.0. The first-order valence-electron chi connectivity index (χ1n) is 6.40. The molecular formula is C14H19ClN2O2. The molecule has 0 aliphatic rings. The number of halogens is 1. The number of carbonyl (C=O) groups excluding carboxylic acids is 2. The molecule has 0 fully saturated rings. The van der Waals surface area contributed by atoms with Crippen LogP contribution in [0.15, 0.2) is 24.3 Å². The molecule has 1 aromatic carbocycles. The van der Waals surface area contributed by atoms with Crippen molar-refractivity contribution in [2.75, 3.05) is 19.6 Å². The number of amides is 2. The van der Waals surface area contributed by atoms with Crippen LogP contribution < -0.4 is 5.32 Å². The van der Waals surface area contributed by atoms with Gasteiger partial charge in [0.15, 0.2) is 0 Å². The molecule has 1 rings (SSSR count). The molecule has 4 nitrogen and oxygen atoms in total. The van der Waals surface area contributed by atoms with Crippen molar-refractivity contribution < 1.29 is 9.59 Å². The Morgan fingerprint density at radius 2 is 1.74 bits per heavy atom. The summed E-state index contributed by atoms with van der Waals surface area (Å²) < 4.78 is 0. The molecular weight excluding hydrogens is 264 g/mol. The molecule has 104 valence electrons. The summed E-state index contributed by atoms with van der Waals surface area (Å²) in [6.07, 6.45) is 0.675. The van der Waals surface area contributed by atoms with E-state index in [1.807, 2.05) is 26.0 Å². The van der Waals surface area contributed by atoms with E-state index < -0.39 is 11.8 Å². The van der Waals surface area contributed by atoms with Crippen molar-refractivity contribution >= 4 is 23.4 Å². The molecule has 0 unspecified atom stereocenters. The van der Waals surface area contributed by atoms with Crippen molar-refractivity contribution in [3.8, 4) is 0 Å². The van der Waals surface area contributed by atoms with Gasteiger partial charge in [0.2, 0.25) is 0 Å². The summed E-state index contributed by atoms with van der Waals surface area (Å²) in [5.74, 6) is -1.02. The summed E-state index contributed by atoms with van der Waals surface area (Å²) >= 11 is 5.78. The van der Waals surface area contributed by atoms with E-state index in [4.69, 9.17) is 11.6 Å². The van der Waals surface area contributed by atoms with Crippen molar-refractivity contribution in [3.63, 3.8) is 0 Å². The molecule has 0 radical (unpaired) electrons. The van der Waals surface area contributed by atoms with E-state index in [-0.39, 0.29) is 0 Å². The molecule has 5 heteroatoms. The number of benzene rings is 1. The van der Waals surface area contributed by atoms with Crippen LogP contribution in [0.25, 0.3) is 0 Å². The highest BCUT2D eigenvalue weighted by atomic mass is 35.5. The largest absolute Gasteiger partial charge is 0.347 e. The van der Waals surface area contributed by atoms with Crippen LogP contribution in [-0.2, 0) is 16.0 Å². The van der Waals surface area contributed by atoms with Crippen LogP contribution in [0.5, 0.6) is 0 Å². The molecule has 0 heterocycles. The number of nitrogens with zero attached hydrogens (tertiary/aromatic N) is 1. The Morgan fingerprint density at radius 1 is 1.16 bits per heavy atom. The van der Waals surface area contributed by atoms with Gasteiger partial charge in [-0.2, -0.15) is 0 Å². The number of hydrogen-bond donors (Lipinski definition) is 1.